The van der Waals surface area contributed by atoms with Gasteiger partial charge in [0.1, 0.15) is 0 Å². The molecule has 0 amide bonds. The Kier molecular flexibility index (Phi) is 3.31. The van der Waals surface area contributed by atoms with E-state index in [1.165, 1.54) is 6.08 Å². The maximum atomic E-state index is 11.0. The minimum absolute atomic E-state index is 0.297. The smallest absolute Gasteiger partial charge is 0.332 e. The van der Waals surface area contributed by atoms with Crippen LogP contribution in [0.1, 0.15) is 13.8 Å². The van der Waals surface area contributed by atoms with Gasteiger partial charge in [0.25, 0.3) is 0 Å². The zero-order valence-corrected chi connectivity index (χ0v) is 7.86. The third-order valence-electron chi connectivity index (χ3n) is 1.63. The molecule has 3 nitrogen and oxygen atoms in total. The summed E-state index contributed by atoms with van der Waals surface area (Å²) in [5.41, 5.74) is 0.850. The van der Waals surface area contributed by atoms with E-state index in [0.29, 0.717) is 6.61 Å². The van der Waals surface area contributed by atoms with E-state index in [4.69, 9.17) is 4.74 Å². The predicted molar refractivity (Wildman–Crippen MR) is 51.0 cm³/mol. The summed E-state index contributed by atoms with van der Waals surface area (Å²) in [7, 11) is 0. The number of hydrogen-bond acceptors (Lipinski definition) is 2. The van der Waals surface area contributed by atoms with Gasteiger partial charge >= 0.3 is 5.97 Å². The van der Waals surface area contributed by atoms with Crippen LogP contribution in [0.25, 0.3) is 5.70 Å². The van der Waals surface area contributed by atoms with E-state index >= 15 is 0 Å². The largest absolute Gasteiger partial charge is 0.463 e. The van der Waals surface area contributed by atoms with Crippen molar-refractivity contribution in [2.24, 2.45) is 0 Å². The van der Waals surface area contributed by atoms with Crippen LogP contribution in [0.2, 0.25) is 0 Å². The molecule has 0 bridgehead atoms. The van der Waals surface area contributed by atoms with Crippen molar-refractivity contribution < 1.29 is 9.53 Å². The van der Waals surface area contributed by atoms with Gasteiger partial charge in [-0.15, -0.1) is 0 Å². The summed E-state index contributed by atoms with van der Waals surface area (Å²) in [4.78, 5) is 11.0. The molecule has 1 aromatic heterocycles. The highest BCUT2D eigenvalue weighted by atomic mass is 16.5. The molecule has 0 fully saturated rings. The van der Waals surface area contributed by atoms with Crippen molar-refractivity contribution in [3.8, 4) is 0 Å². The maximum absolute atomic E-state index is 11.0. The van der Waals surface area contributed by atoms with Gasteiger partial charge in [-0.25, -0.2) is 4.79 Å². The standard InChI is InChI=1S/C10H13NO2/c1-3-13-10(12)8-9(2)11-6-4-5-7-11/h4-8H,3H2,1-2H3/b9-8-. The van der Waals surface area contributed by atoms with E-state index in [-0.39, 0.29) is 5.97 Å². The lowest BCUT2D eigenvalue weighted by atomic mass is 10.4. The monoisotopic (exact) mass is 179 g/mol. The molecule has 1 rings (SSSR count). The summed E-state index contributed by atoms with van der Waals surface area (Å²) in [5.74, 6) is -0.297. The van der Waals surface area contributed by atoms with Crippen LogP contribution < -0.4 is 0 Å². The molecular formula is C10H13NO2. The van der Waals surface area contributed by atoms with Gasteiger partial charge in [0.05, 0.1) is 6.61 Å². The SMILES string of the molecule is CCOC(=O)/C=C(/C)n1cccc1. The topological polar surface area (TPSA) is 31.2 Å². The molecule has 0 saturated carbocycles. The summed E-state index contributed by atoms with van der Waals surface area (Å²) >= 11 is 0. The molecule has 0 aliphatic heterocycles. The number of esters is 1. The van der Waals surface area contributed by atoms with Gasteiger partial charge in [-0.3, -0.25) is 0 Å². The van der Waals surface area contributed by atoms with E-state index in [0.717, 1.165) is 5.70 Å². The van der Waals surface area contributed by atoms with Crippen LogP contribution in [-0.4, -0.2) is 17.1 Å². The Bertz CT molecular complexity index is 299. The molecule has 0 spiro atoms. The molecule has 0 saturated heterocycles. The highest BCUT2D eigenvalue weighted by molar-refractivity contribution is 5.87. The molecule has 0 aromatic carbocycles. The van der Waals surface area contributed by atoms with E-state index in [9.17, 15) is 4.79 Å². The number of ether oxygens (including phenoxy) is 1. The maximum Gasteiger partial charge on any atom is 0.332 e. The van der Waals surface area contributed by atoms with Crippen LogP contribution >= 0.6 is 0 Å². The molecular weight excluding hydrogens is 166 g/mol. The molecule has 0 atom stereocenters. The average molecular weight is 179 g/mol. The molecule has 0 unspecified atom stereocenters. The lowest BCUT2D eigenvalue weighted by molar-refractivity contribution is -0.137. The van der Waals surface area contributed by atoms with Gasteiger partial charge in [0.2, 0.25) is 0 Å². The van der Waals surface area contributed by atoms with Crippen molar-refractivity contribution in [2.75, 3.05) is 6.61 Å². The van der Waals surface area contributed by atoms with E-state index in [2.05, 4.69) is 0 Å². The van der Waals surface area contributed by atoms with E-state index < -0.39 is 0 Å². The second-order valence-corrected chi connectivity index (χ2v) is 2.63. The normalized spacial score (nSPS) is 11.4. The molecule has 0 N–H and O–H groups in total. The molecule has 0 aliphatic carbocycles. The third-order valence-corrected chi connectivity index (χ3v) is 1.63. The fraction of sp³-hybridized carbons (Fsp3) is 0.300. The van der Waals surface area contributed by atoms with Crippen LogP contribution in [0.3, 0.4) is 0 Å². The Morgan fingerprint density at radius 1 is 1.46 bits per heavy atom. The summed E-state index contributed by atoms with van der Waals surface area (Å²) in [6.07, 6.45) is 5.24. The number of allylic oxidation sites excluding steroid dienone is 1. The van der Waals surface area contributed by atoms with Crippen LogP contribution in [0, 0.1) is 0 Å². The lowest BCUT2D eigenvalue weighted by Gasteiger charge is -2.01. The number of carbonyl (C=O) groups is 1. The highest BCUT2D eigenvalue weighted by Crippen LogP contribution is 2.03. The highest BCUT2D eigenvalue weighted by Gasteiger charge is 1.98. The van der Waals surface area contributed by atoms with Crippen LogP contribution in [-0.2, 0) is 9.53 Å². The summed E-state index contributed by atoms with van der Waals surface area (Å²) in [6, 6.07) is 3.81. The molecule has 0 radical (unpaired) electrons. The Morgan fingerprint density at radius 2 is 2.08 bits per heavy atom. The number of rotatable bonds is 3. The summed E-state index contributed by atoms with van der Waals surface area (Å²) < 4.78 is 6.64. The van der Waals surface area contributed by atoms with Gasteiger partial charge in [-0.05, 0) is 26.0 Å². The van der Waals surface area contributed by atoms with Gasteiger partial charge in [-0.1, -0.05) is 0 Å². The molecule has 0 aliphatic rings. The van der Waals surface area contributed by atoms with Crippen molar-refractivity contribution >= 4 is 11.7 Å². The van der Waals surface area contributed by atoms with Gasteiger partial charge < -0.3 is 9.30 Å². The molecule has 1 aromatic rings. The first-order valence-corrected chi connectivity index (χ1v) is 4.22. The summed E-state index contributed by atoms with van der Waals surface area (Å²) in [6.45, 7) is 4.06. The van der Waals surface area contributed by atoms with Crippen molar-refractivity contribution in [1.82, 2.24) is 4.57 Å². The van der Waals surface area contributed by atoms with Gasteiger partial charge in [0, 0.05) is 24.2 Å². The molecule has 3 heteroatoms. The van der Waals surface area contributed by atoms with Gasteiger partial charge in [0.15, 0.2) is 0 Å². The first-order valence-electron chi connectivity index (χ1n) is 4.22. The molecule has 13 heavy (non-hydrogen) atoms. The first-order chi connectivity index (χ1) is 6.24. The first kappa shape index (κ1) is 9.58. The van der Waals surface area contributed by atoms with Crippen molar-refractivity contribution in [3.05, 3.63) is 30.6 Å². The molecule has 1 heterocycles. The minimum Gasteiger partial charge on any atom is -0.463 e. The number of nitrogens with zero attached hydrogens (tertiary/aromatic N) is 1. The van der Waals surface area contributed by atoms with Crippen molar-refractivity contribution in [1.29, 1.82) is 0 Å². The van der Waals surface area contributed by atoms with E-state index in [1.807, 2.05) is 36.0 Å². The van der Waals surface area contributed by atoms with E-state index in [1.54, 1.807) is 6.92 Å². The zero-order valence-electron chi connectivity index (χ0n) is 7.86. The Balaban J connectivity index is 2.67. The fourth-order valence-corrected chi connectivity index (χ4v) is 0.999. The number of aromatic nitrogens is 1. The Labute approximate surface area is 77.6 Å². The third kappa shape index (κ3) is 2.78. The van der Waals surface area contributed by atoms with Crippen LogP contribution in [0.15, 0.2) is 30.6 Å². The Morgan fingerprint density at radius 3 is 2.62 bits per heavy atom. The Hall–Kier alpha value is -1.51. The average Bonchev–Trinajstić information content (AvgIpc) is 2.55. The fourth-order valence-electron chi connectivity index (χ4n) is 0.999. The van der Waals surface area contributed by atoms with Crippen molar-refractivity contribution in [2.45, 2.75) is 13.8 Å². The van der Waals surface area contributed by atoms with Crippen LogP contribution in [0.4, 0.5) is 0 Å². The van der Waals surface area contributed by atoms with Gasteiger partial charge in [-0.2, -0.15) is 0 Å². The summed E-state index contributed by atoms with van der Waals surface area (Å²) in [5, 5.41) is 0. The van der Waals surface area contributed by atoms with Crippen LogP contribution in [0.5, 0.6) is 0 Å². The lowest BCUT2D eigenvalue weighted by Crippen LogP contribution is -2.01. The predicted octanol–water partition coefficient (Wildman–Crippen LogP) is 1.91. The van der Waals surface area contributed by atoms with Crippen molar-refractivity contribution in [3.63, 3.8) is 0 Å². The zero-order chi connectivity index (χ0) is 9.68. The minimum atomic E-state index is -0.297. The molecule has 70 valence electrons. The second kappa shape index (κ2) is 4.50. The number of carbonyl (C=O) groups excluding carboxylic acids is 1. The second-order valence-electron chi connectivity index (χ2n) is 2.63. The quantitative estimate of drug-likeness (QED) is 0.524. The number of hydrogen-bond donors (Lipinski definition) is 0.